The molecule has 70 valence electrons. The highest BCUT2D eigenvalue weighted by atomic mass is 16.5. The molecule has 0 aromatic carbocycles. The van der Waals surface area contributed by atoms with E-state index in [1.54, 1.807) is 12.3 Å². The summed E-state index contributed by atoms with van der Waals surface area (Å²) in [5.74, 6) is 0.793. The Morgan fingerprint density at radius 3 is 3.08 bits per heavy atom. The molecule has 0 N–H and O–H groups in total. The molecule has 1 fully saturated rings. The van der Waals surface area contributed by atoms with Crippen molar-refractivity contribution in [2.45, 2.75) is 19.6 Å². The van der Waals surface area contributed by atoms with Crippen molar-refractivity contribution in [2.75, 3.05) is 6.61 Å². The average molecular weight is 179 g/mol. The van der Waals surface area contributed by atoms with Crippen molar-refractivity contribution < 1.29 is 9.53 Å². The van der Waals surface area contributed by atoms with Gasteiger partial charge in [-0.2, -0.15) is 0 Å². The zero-order valence-corrected chi connectivity index (χ0v) is 7.48. The first kappa shape index (κ1) is 8.51. The molecule has 0 amide bonds. The minimum absolute atomic E-state index is 0.560. The lowest BCUT2D eigenvalue weighted by Gasteiger charge is -2.03. The summed E-state index contributed by atoms with van der Waals surface area (Å²) in [6, 6.07) is 1.79. The van der Waals surface area contributed by atoms with Gasteiger partial charge in [0.15, 0.2) is 6.29 Å². The molecule has 0 bridgehead atoms. The summed E-state index contributed by atoms with van der Waals surface area (Å²) in [5.41, 5.74) is 0.704. The summed E-state index contributed by atoms with van der Waals surface area (Å²) in [6.07, 6.45) is 7.12. The molecule has 0 aliphatic heterocycles. The van der Waals surface area contributed by atoms with Gasteiger partial charge in [-0.25, -0.2) is 0 Å². The highest BCUT2D eigenvalue weighted by Crippen LogP contribution is 2.28. The van der Waals surface area contributed by atoms with E-state index in [1.165, 1.54) is 12.8 Å². The van der Waals surface area contributed by atoms with Gasteiger partial charge in [0.2, 0.25) is 0 Å². The molecule has 0 unspecified atom stereocenters. The van der Waals surface area contributed by atoms with Gasteiger partial charge in [0.25, 0.3) is 0 Å². The predicted octanol–water partition coefficient (Wildman–Crippen LogP) is 1.68. The van der Waals surface area contributed by atoms with Crippen molar-refractivity contribution in [3.05, 3.63) is 24.0 Å². The Bertz CT molecular complexity index is 289. The SMILES string of the molecule is O=Cc1ccn(COCC2CC2)c1. The number of hydrogen-bond acceptors (Lipinski definition) is 2. The van der Waals surface area contributed by atoms with Crippen LogP contribution in [0.4, 0.5) is 0 Å². The van der Waals surface area contributed by atoms with Gasteiger partial charge in [0, 0.05) is 18.0 Å². The second-order valence-corrected chi connectivity index (χ2v) is 3.52. The van der Waals surface area contributed by atoms with Gasteiger partial charge >= 0.3 is 0 Å². The minimum Gasteiger partial charge on any atom is -0.361 e. The van der Waals surface area contributed by atoms with Crippen LogP contribution in [0.1, 0.15) is 23.2 Å². The van der Waals surface area contributed by atoms with Crippen LogP contribution in [0.15, 0.2) is 18.5 Å². The van der Waals surface area contributed by atoms with E-state index < -0.39 is 0 Å². The molecule has 2 rings (SSSR count). The van der Waals surface area contributed by atoms with Crippen molar-refractivity contribution in [1.29, 1.82) is 0 Å². The third-order valence-corrected chi connectivity index (χ3v) is 2.20. The number of hydrogen-bond donors (Lipinski definition) is 0. The molecular formula is C10H13NO2. The summed E-state index contributed by atoms with van der Waals surface area (Å²) in [4.78, 5) is 10.4. The summed E-state index contributed by atoms with van der Waals surface area (Å²) >= 11 is 0. The molecule has 0 saturated heterocycles. The summed E-state index contributed by atoms with van der Waals surface area (Å²) in [5, 5.41) is 0. The number of aromatic nitrogens is 1. The van der Waals surface area contributed by atoms with E-state index in [-0.39, 0.29) is 0 Å². The van der Waals surface area contributed by atoms with Gasteiger partial charge in [0.05, 0.1) is 6.61 Å². The molecule has 1 aromatic heterocycles. The average Bonchev–Trinajstić information content (AvgIpc) is 2.84. The Labute approximate surface area is 77.3 Å². The summed E-state index contributed by atoms with van der Waals surface area (Å²) in [6.45, 7) is 1.42. The van der Waals surface area contributed by atoms with Crippen LogP contribution in [0.3, 0.4) is 0 Å². The Morgan fingerprint density at radius 2 is 2.46 bits per heavy atom. The van der Waals surface area contributed by atoms with E-state index in [2.05, 4.69) is 0 Å². The van der Waals surface area contributed by atoms with Crippen LogP contribution in [0.25, 0.3) is 0 Å². The van der Waals surface area contributed by atoms with Crippen LogP contribution >= 0.6 is 0 Å². The number of rotatable bonds is 5. The molecule has 0 atom stereocenters. The fourth-order valence-electron chi connectivity index (χ4n) is 1.22. The van der Waals surface area contributed by atoms with Crippen molar-refractivity contribution >= 4 is 6.29 Å². The van der Waals surface area contributed by atoms with E-state index in [1.807, 2.05) is 10.8 Å². The minimum atomic E-state index is 0.560. The van der Waals surface area contributed by atoms with Gasteiger partial charge in [-0.3, -0.25) is 4.79 Å². The largest absolute Gasteiger partial charge is 0.361 e. The normalized spacial score (nSPS) is 16.0. The molecule has 3 nitrogen and oxygen atoms in total. The molecule has 3 heteroatoms. The van der Waals surface area contributed by atoms with Crippen molar-refractivity contribution in [1.82, 2.24) is 4.57 Å². The molecule has 1 saturated carbocycles. The Kier molecular flexibility index (Phi) is 2.45. The van der Waals surface area contributed by atoms with Crippen molar-refractivity contribution in [3.8, 4) is 0 Å². The quantitative estimate of drug-likeness (QED) is 0.644. The molecule has 1 aromatic rings. The van der Waals surface area contributed by atoms with Crippen LogP contribution in [-0.4, -0.2) is 17.5 Å². The van der Waals surface area contributed by atoms with Crippen LogP contribution in [0.5, 0.6) is 0 Å². The molecule has 0 spiro atoms. The second-order valence-electron chi connectivity index (χ2n) is 3.52. The molecule has 0 radical (unpaired) electrons. The van der Waals surface area contributed by atoms with Crippen LogP contribution in [0.2, 0.25) is 0 Å². The van der Waals surface area contributed by atoms with Crippen LogP contribution in [0, 0.1) is 5.92 Å². The fourth-order valence-corrected chi connectivity index (χ4v) is 1.22. The maximum Gasteiger partial charge on any atom is 0.151 e. The Balaban J connectivity index is 1.75. The van der Waals surface area contributed by atoms with E-state index in [0.717, 1.165) is 18.8 Å². The number of aldehydes is 1. The summed E-state index contributed by atoms with van der Waals surface area (Å²) in [7, 11) is 0. The highest BCUT2D eigenvalue weighted by Gasteiger charge is 2.20. The van der Waals surface area contributed by atoms with E-state index in [9.17, 15) is 4.79 Å². The summed E-state index contributed by atoms with van der Waals surface area (Å²) < 4.78 is 7.33. The zero-order chi connectivity index (χ0) is 9.10. The standard InChI is InChI=1S/C10H13NO2/c12-6-10-3-4-11(5-10)8-13-7-9-1-2-9/h3-6,9H,1-2,7-8H2. The highest BCUT2D eigenvalue weighted by molar-refractivity contribution is 5.74. The maximum atomic E-state index is 10.4. The first-order valence-electron chi connectivity index (χ1n) is 4.57. The van der Waals surface area contributed by atoms with E-state index >= 15 is 0 Å². The lowest BCUT2D eigenvalue weighted by atomic mass is 10.4. The number of nitrogens with zero attached hydrogens (tertiary/aromatic N) is 1. The first-order valence-corrected chi connectivity index (χ1v) is 4.57. The molecule has 1 aliphatic carbocycles. The van der Waals surface area contributed by atoms with Gasteiger partial charge in [0.1, 0.15) is 6.73 Å². The third-order valence-electron chi connectivity index (χ3n) is 2.20. The molecule has 13 heavy (non-hydrogen) atoms. The van der Waals surface area contributed by atoms with E-state index in [4.69, 9.17) is 4.74 Å². The monoisotopic (exact) mass is 179 g/mol. The number of ether oxygens (including phenoxy) is 1. The molecule has 1 heterocycles. The topological polar surface area (TPSA) is 31.2 Å². The van der Waals surface area contributed by atoms with Crippen molar-refractivity contribution in [2.24, 2.45) is 5.92 Å². The lowest BCUT2D eigenvalue weighted by Crippen LogP contribution is -2.02. The Hall–Kier alpha value is -1.09. The fraction of sp³-hybridized carbons (Fsp3) is 0.500. The Morgan fingerprint density at radius 1 is 1.62 bits per heavy atom. The predicted molar refractivity (Wildman–Crippen MR) is 48.5 cm³/mol. The third kappa shape index (κ3) is 2.42. The molecular weight excluding hydrogens is 166 g/mol. The van der Waals surface area contributed by atoms with Gasteiger partial charge in [-0.1, -0.05) is 0 Å². The molecule has 1 aliphatic rings. The van der Waals surface area contributed by atoms with Crippen LogP contribution < -0.4 is 0 Å². The number of carbonyl (C=O) groups is 1. The maximum absolute atomic E-state index is 10.4. The smallest absolute Gasteiger partial charge is 0.151 e. The van der Waals surface area contributed by atoms with Gasteiger partial charge in [-0.05, 0) is 24.8 Å². The van der Waals surface area contributed by atoms with Gasteiger partial charge < -0.3 is 9.30 Å². The zero-order valence-electron chi connectivity index (χ0n) is 7.48. The van der Waals surface area contributed by atoms with Crippen LogP contribution in [-0.2, 0) is 11.5 Å². The van der Waals surface area contributed by atoms with E-state index in [0.29, 0.717) is 12.3 Å². The van der Waals surface area contributed by atoms with Crippen molar-refractivity contribution in [3.63, 3.8) is 0 Å². The second kappa shape index (κ2) is 3.75. The first-order chi connectivity index (χ1) is 6.38. The lowest BCUT2D eigenvalue weighted by molar-refractivity contribution is 0.0692. The van der Waals surface area contributed by atoms with Gasteiger partial charge in [-0.15, -0.1) is 0 Å². The number of carbonyl (C=O) groups excluding carboxylic acids is 1.